The van der Waals surface area contributed by atoms with Crippen molar-refractivity contribution in [2.24, 2.45) is 0 Å². The third-order valence-corrected chi connectivity index (χ3v) is 6.84. The summed E-state index contributed by atoms with van der Waals surface area (Å²) in [6.45, 7) is -1.56. The SMILES string of the molecule is O=C(NC1(C(=O)NCC(F)(F)F)CC1)c1ccc(/C(F)=C/C(c2ccc(Cl)c(Cl)c2)C(F)(F)F)cc1Br. The van der Waals surface area contributed by atoms with E-state index in [0.717, 1.165) is 36.4 Å². The van der Waals surface area contributed by atoms with E-state index in [9.17, 15) is 40.3 Å². The lowest BCUT2D eigenvalue weighted by atomic mass is 9.96. The van der Waals surface area contributed by atoms with Gasteiger partial charge in [-0.25, -0.2) is 4.39 Å². The Labute approximate surface area is 224 Å². The van der Waals surface area contributed by atoms with Crippen molar-refractivity contribution in [1.82, 2.24) is 10.6 Å². The van der Waals surface area contributed by atoms with Crippen LogP contribution in [0.25, 0.3) is 5.83 Å². The molecule has 0 spiro atoms. The molecule has 2 N–H and O–H groups in total. The predicted octanol–water partition coefficient (Wildman–Crippen LogP) is 7.35. The number of allylic oxidation sites excluding steroid dienone is 1. The summed E-state index contributed by atoms with van der Waals surface area (Å²) in [6.07, 6.45) is -8.91. The fraction of sp³-hybridized carbons (Fsp3) is 0.304. The van der Waals surface area contributed by atoms with Gasteiger partial charge < -0.3 is 10.6 Å². The van der Waals surface area contributed by atoms with Gasteiger partial charge in [0, 0.05) is 10.0 Å². The van der Waals surface area contributed by atoms with Gasteiger partial charge in [-0.2, -0.15) is 26.3 Å². The zero-order chi connectivity index (χ0) is 27.8. The summed E-state index contributed by atoms with van der Waals surface area (Å²) < 4.78 is 93.0. The average Bonchev–Trinajstić information content (AvgIpc) is 3.56. The van der Waals surface area contributed by atoms with Gasteiger partial charge in [0.05, 0.1) is 15.6 Å². The Hall–Kier alpha value is -2.31. The van der Waals surface area contributed by atoms with E-state index in [4.69, 9.17) is 23.2 Å². The van der Waals surface area contributed by atoms with Gasteiger partial charge in [-0.1, -0.05) is 35.3 Å². The second-order valence-electron chi connectivity index (χ2n) is 8.24. The molecule has 1 atom stereocenters. The largest absolute Gasteiger partial charge is 0.405 e. The summed E-state index contributed by atoms with van der Waals surface area (Å²) in [7, 11) is 0. The first-order valence-corrected chi connectivity index (χ1v) is 11.9. The smallest absolute Gasteiger partial charge is 0.345 e. The van der Waals surface area contributed by atoms with Crippen LogP contribution < -0.4 is 10.6 Å². The number of hydrogen-bond acceptors (Lipinski definition) is 2. The lowest BCUT2D eigenvalue weighted by Crippen LogP contribution is -2.50. The highest BCUT2D eigenvalue weighted by atomic mass is 79.9. The maximum Gasteiger partial charge on any atom is 0.405 e. The molecular weight excluding hydrogens is 620 g/mol. The molecule has 0 bridgehead atoms. The molecule has 4 nitrogen and oxygen atoms in total. The maximum atomic E-state index is 14.9. The first-order valence-electron chi connectivity index (χ1n) is 10.4. The molecule has 37 heavy (non-hydrogen) atoms. The summed E-state index contributed by atoms with van der Waals surface area (Å²) in [5, 5.41) is 3.97. The molecule has 1 unspecified atom stereocenters. The Kier molecular flexibility index (Phi) is 8.55. The number of nitrogens with one attached hydrogen (secondary N) is 2. The van der Waals surface area contributed by atoms with E-state index >= 15 is 0 Å². The van der Waals surface area contributed by atoms with E-state index in [-0.39, 0.29) is 44.0 Å². The van der Waals surface area contributed by atoms with Gasteiger partial charge in [0.2, 0.25) is 5.91 Å². The van der Waals surface area contributed by atoms with Crippen molar-refractivity contribution in [3.05, 3.63) is 73.7 Å². The normalized spacial score (nSPS) is 16.2. The number of alkyl halides is 6. The standard InChI is InChI=1S/C23H16BrCl2F7N2O2/c24-15-7-12(18(27)9-14(23(31,32)33)11-2-4-16(25)17(26)8-11)1-3-13(15)19(36)35-21(5-6-21)20(37)34-10-22(28,29)30/h1-4,7-9,14H,5-6,10H2,(H,34,37)(H,35,36)/b18-9-. The minimum atomic E-state index is -4.86. The Morgan fingerprint density at radius 2 is 1.68 bits per heavy atom. The molecule has 14 heteroatoms. The van der Waals surface area contributed by atoms with Crippen molar-refractivity contribution in [3.63, 3.8) is 0 Å². The lowest BCUT2D eigenvalue weighted by molar-refractivity contribution is -0.140. The van der Waals surface area contributed by atoms with Crippen molar-refractivity contribution in [2.75, 3.05) is 6.54 Å². The zero-order valence-corrected chi connectivity index (χ0v) is 21.4. The summed E-state index contributed by atoms with van der Waals surface area (Å²) in [5.41, 5.74) is -2.25. The van der Waals surface area contributed by atoms with Gasteiger partial charge in [0.1, 0.15) is 23.8 Å². The molecule has 0 aliphatic heterocycles. The molecule has 0 saturated heterocycles. The van der Waals surface area contributed by atoms with Gasteiger partial charge in [0.25, 0.3) is 5.91 Å². The molecule has 2 aromatic carbocycles. The highest BCUT2D eigenvalue weighted by Crippen LogP contribution is 2.40. The molecule has 200 valence electrons. The Morgan fingerprint density at radius 3 is 2.19 bits per heavy atom. The number of amides is 2. The molecule has 2 aromatic rings. The highest BCUT2D eigenvalue weighted by molar-refractivity contribution is 9.10. The van der Waals surface area contributed by atoms with Crippen molar-refractivity contribution >= 4 is 56.8 Å². The van der Waals surface area contributed by atoms with Crippen LogP contribution in [0.3, 0.4) is 0 Å². The van der Waals surface area contributed by atoms with Gasteiger partial charge in [-0.3, -0.25) is 9.59 Å². The molecule has 1 saturated carbocycles. The first kappa shape index (κ1) is 29.2. The van der Waals surface area contributed by atoms with Crippen molar-refractivity contribution in [2.45, 2.75) is 36.7 Å². The average molecular weight is 636 g/mol. The molecule has 1 aliphatic rings. The topological polar surface area (TPSA) is 58.2 Å². The Morgan fingerprint density at radius 1 is 1.03 bits per heavy atom. The fourth-order valence-corrected chi connectivity index (χ4v) is 4.21. The molecular formula is C23H16BrCl2F7N2O2. The van der Waals surface area contributed by atoms with Gasteiger partial charge in [-0.05, 0) is 64.7 Å². The number of halogens is 10. The van der Waals surface area contributed by atoms with E-state index in [1.165, 1.54) is 0 Å². The quantitative estimate of drug-likeness (QED) is 0.313. The van der Waals surface area contributed by atoms with Crippen LogP contribution in [0.15, 0.2) is 46.9 Å². The molecule has 1 fully saturated rings. The molecule has 2 amide bonds. The van der Waals surface area contributed by atoms with Crippen LogP contribution in [0.5, 0.6) is 0 Å². The highest BCUT2D eigenvalue weighted by Gasteiger charge is 2.52. The number of rotatable bonds is 7. The number of carbonyl (C=O) groups excluding carboxylic acids is 2. The number of carbonyl (C=O) groups is 2. The van der Waals surface area contributed by atoms with E-state index in [1.54, 1.807) is 5.32 Å². The summed E-state index contributed by atoms with van der Waals surface area (Å²) in [5.74, 6) is -5.44. The second kappa shape index (κ2) is 10.8. The first-order chi connectivity index (χ1) is 17.0. The van der Waals surface area contributed by atoms with E-state index in [0.29, 0.717) is 6.08 Å². The monoisotopic (exact) mass is 634 g/mol. The third-order valence-electron chi connectivity index (χ3n) is 5.44. The number of benzene rings is 2. The molecule has 3 rings (SSSR count). The van der Waals surface area contributed by atoms with Crippen LogP contribution in [0.4, 0.5) is 30.7 Å². The molecule has 0 heterocycles. The Balaban J connectivity index is 1.80. The minimum absolute atomic E-state index is 0.0179. The van der Waals surface area contributed by atoms with Crippen LogP contribution in [0.2, 0.25) is 10.0 Å². The van der Waals surface area contributed by atoms with Crippen molar-refractivity contribution in [3.8, 4) is 0 Å². The van der Waals surface area contributed by atoms with Gasteiger partial charge >= 0.3 is 12.4 Å². The van der Waals surface area contributed by atoms with Crippen LogP contribution in [-0.2, 0) is 4.79 Å². The van der Waals surface area contributed by atoms with Crippen LogP contribution in [0.1, 0.15) is 40.2 Å². The summed E-state index contributed by atoms with van der Waals surface area (Å²) in [4.78, 5) is 24.7. The summed E-state index contributed by atoms with van der Waals surface area (Å²) in [6, 6.07) is 6.42. The molecule has 0 aromatic heterocycles. The van der Waals surface area contributed by atoms with E-state index in [1.807, 2.05) is 0 Å². The fourth-order valence-electron chi connectivity index (χ4n) is 3.34. The minimum Gasteiger partial charge on any atom is -0.345 e. The van der Waals surface area contributed by atoms with Crippen LogP contribution in [0, 0.1) is 0 Å². The van der Waals surface area contributed by atoms with Crippen molar-refractivity contribution < 1.29 is 40.3 Å². The molecule has 0 radical (unpaired) electrons. The Bertz CT molecular complexity index is 1240. The van der Waals surface area contributed by atoms with Crippen LogP contribution in [-0.4, -0.2) is 36.3 Å². The lowest BCUT2D eigenvalue weighted by Gasteiger charge is -2.19. The van der Waals surface area contributed by atoms with Gasteiger partial charge in [-0.15, -0.1) is 0 Å². The zero-order valence-electron chi connectivity index (χ0n) is 18.3. The second-order valence-corrected chi connectivity index (χ2v) is 9.90. The summed E-state index contributed by atoms with van der Waals surface area (Å²) >= 11 is 14.6. The molecule has 1 aliphatic carbocycles. The van der Waals surface area contributed by atoms with Crippen molar-refractivity contribution in [1.29, 1.82) is 0 Å². The number of hydrogen-bond donors (Lipinski definition) is 2. The van der Waals surface area contributed by atoms with E-state index < -0.39 is 48.0 Å². The third kappa shape index (κ3) is 7.38. The van der Waals surface area contributed by atoms with E-state index in [2.05, 4.69) is 21.2 Å². The maximum absolute atomic E-state index is 14.9. The predicted molar refractivity (Wildman–Crippen MR) is 127 cm³/mol. The van der Waals surface area contributed by atoms with Crippen LogP contribution >= 0.6 is 39.1 Å². The van der Waals surface area contributed by atoms with Gasteiger partial charge in [0.15, 0.2) is 0 Å².